The lowest BCUT2D eigenvalue weighted by atomic mass is 10.0. The van der Waals surface area contributed by atoms with Crippen molar-refractivity contribution >= 4 is 28.7 Å². The molecule has 32 heavy (non-hydrogen) atoms. The van der Waals surface area contributed by atoms with Gasteiger partial charge in [0.1, 0.15) is 17.0 Å². The number of aryl methyl sites for hydroxylation is 1. The van der Waals surface area contributed by atoms with E-state index in [9.17, 15) is 14.0 Å². The second-order valence-electron chi connectivity index (χ2n) is 7.58. The molecular formula is C23H20FN5O2S. The highest BCUT2D eigenvalue weighted by atomic mass is 32.2. The zero-order chi connectivity index (χ0) is 22.1. The molecule has 2 aromatic carbocycles. The average Bonchev–Trinajstić information content (AvgIpc) is 3.23. The number of rotatable bonds is 5. The molecule has 4 aromatic rings. The number of carbonyl (C=O) groups is 1. The number of hydrogen-bond acceptors (Lipinski definition) is 5. The summed E-state index contributed by atoms with van der Waals surface area (Å²) in [5, 5.41) is 7.68. The maximum absolute atomic E-state index is 13.7. The van der Waals surface area contributed by atoms with Crippen molar-refractivity contribution in [3.63, 3.8) is 0 Å². The first-order valence-electron chi connectivity index (χ1n) is 10.3. The molecule has 0 saturated heterocycles. The highest BCUT2D eigenvalue weighted by molar-refractivity contribution is 7.99. The summed E-state index contributed by atoms with van der Waals surface area (Å²) in [6.07, 6.45) is 2.66. The lowest BCUT2D eigenvalue weighted by molar-refractivity contribution is -0.121. The molecule has 1 atom stereocenters. The summed E-state index contributed by atoms with van der Waals surface area (Å²) in [6.45, 7) is 0. The molecule has 7 nitrogen and oxygen atoms in total. The van der Waals surface area contributed by atoms with Gasteiger partial charge in [-0.05, 0) is 42.3 Å². The van der Waals surface area contributed by atoms with Gasteiger partial charge in [0, 0.05) is 23.5 Å². The molecule has 1 amide bonds. The molecule has 0 fully saturated rings. The van der Waals surface area contributed by atoms with Crippen LogP contribution < -0.4 is 10.9 Å². The fourth-order valence-corrected chi connectivity index (χ4v) is 4.96. The number of amides is 1. The Hall–Kier alpha value is -3.46. The summed E-state index contributed by atoms with van der Waals surface area (Å²) in [6, 6.07) is 13.9. The van der Waals surface area contributed by atoms with Crippen LogP contribution >= 0.6 is 11.8 Å². The Morgan fingerprint density at radius 1 is 1.25 bits per heavy atom. The number of thioether (sulfide) groups is 1. The van der Waals surface area contributed by atoms with Gasteiger partial charge in [-0.25, -0.2) is 14.1 Å². The number of benzene rings is 2. The van der Waals surface area contributed by atoms with Crippen LogP contribution in [0.2, 0.25) is 0 Å². The molecule has 1 aliphatic rings. The van der Waals surface area contributed by atoms with E-state index in [1.54, 1.807) is 22.5 Å². The first kappa shape index (κ1) is 20.4. The molecule has 0 spiro atoms. The number of nitrogens with zero attached hydrogens (tertiary/aromatic N) is 3. The van der Waals surface area contributed by atoms with Crippen molar-refractivity contribution in [1.82, 2.24) is 25.1 Å². The highest BCUT2D eigenvalue weighted by Crippen LogP contribution is 2.36. The summed E-state index contributed by atoms with van der Waals surface area (Å²) in [5.74, 6) is 0.798. The summed E-state index contributed by atoms with van der Waals surface area (Å²) in [7, 11) is 0. The van der Waals surface area contributed by atoms with E-state index in [1.807, 2.05) is 30.3 Å². The number of aromatic nitrogens is 4. The SMILES string of the molecule is O=C(CCc1nc2c(cnn2-c2ccccc2)c(=O)[nH]1)NC1CCSc2ccc(F)cc21. The molecule has 1 aliphatic heterocycles. The summed E-state index contributed by atoms with van der Waals surface area (Å²) in [5.41, 5.74) is 1.77. The van der Waals surface area contributed by atoms with Gasteiger partial charge in [0.15, 0.2) is 5.65 Å². The smallest absolute Gasteiger partial charge is 0.262 e. The predicted molar refractivity (Wildman–Crippen MR) is 120 cm³/mol. The van der Waals surface area contributed by atoms with Gasteiger partial charge in [0.2, 0.25) is 5.91 Å². The molecule has 0 aliphatic carbocycles. The molecule has 162 valence electrons. The van der Waals surface area contributed by atoms with Gasteiger partial charge in [-0.3, -0.25) is 9.59 Å². The minimum atomic E-state index is -0.310. The molecule has 0 radical (unpaired) electrons. The van der Waals surface area contributed by atoms with Crippen molar-refractivity contribution in [1.29, 1.82) is 0 Å². The second kappa shape index (κ2) is 8.58. The van der Waals surface area contributed by atoms with Gasteiger partial charge in [-0.2, -0.15) is 5.10 Å². The molecule has 3 heterocycles. The molecule has 0 bridgehead atoms. The number of fused-ring (bicyclic) bond motifs is 2. The quantitative estimate of drug-likeness (QED) is 0.486. The van der Waals surface area contributed by atoms with E-state index in [-0.39, 0.29) is 36.2 Å². The van der Waals surface area contributed by atoms with E-state index in [2.05, 4.69) is 20.4 Å². The normalized spacial score (nSPS) is 15.5. The predicted octanol–water partition coefficient (Wildman–Crippen LogP) is 3.53. The number of halogens is 1. The number of carbonyl (C=O) groups excluding carboxylic acids is 1. The number of hydrogen-bond donors (Lipinski definition) is 2. The second-order valence-corrected chi connectivity index (χ2v) is 8.72. The van der Waals surface area contributed by atoms with Crippen molar-refractivity contribution in [2.24, 2.45) is 0 Å². The Bertz CT molecular complexity index is 1350. The Labute approximate surface area is 187 Å². The van der Waals surface area contributed by atoms with Crippen LogP contribution in [0.5, 0.6) is 0 Å². The van der Waals surface area contributed by atoms with Gasteiger partial charge in [-0.1, -0.05) is 18.2 Å². The van der Waals surface area contributed by atoms with E-state index in [4.69, 9.17) is 0 Å². The van der Waals surface area contributed by atoms with Crippen LogP contribution in [0.15, 0.2) is 64.4 Å². The number of aromatic amines is 1. The van der Waals surface area contributed by atoms with Crippen molar-refractivity contribution in [3.8, 4) is 5.69 Å². The molecular weight excluding hydrogens is 429 g/mol. The Kier molecular flexibility index (Phi) is 5.48. The van der Waals surface area contributed by atoms with Crippen LogP contribution in [0.4, 0.5) is 4.39 Å². The van der Waals surface area contributed by atoms with Gasteiger partial charge in [0.05, 0.1) is 17.9 Å². The number of H-pyrrole nitrogens is 1. The van der Waals surface area contributed by atoms with Crippen molar-refractivity contribution < 1.29 is 9.18 Å². The first-order valence-corrected chi connectivity index (χ1v) is 11.3. The Morgan fingerprint density at radius 3 is 2.94 bits per heavy atom. The minimum Gasteiger partial charge on any atom is -0.349 e. The van der Waals surface area contributed by atoms with E-state index in [0.29, 0.717) is 16.9 Å². The van der Waals surface area contributed by atoms with Crippen LogP contribution in [-0.2, 0) is 11.2 Å². The topological polar surface area (TPSA) is 92.7 Å². The van der Waals surface area contributed by atoms with Crippen LogP contribution in [0.25, 0.3) is 16.7 Å². The highest BCUT2D eigenvalue weighted by Gasteiger charge is 2.23. The van der Waals surface area contributed by atoms with E-state index >= 15 is 0 Å². The van der Waals surface area contributed by atoms with E-state index in [1.165, 1.54) is 18.3 Å². The van der Waals surface area contributed by atoms with Crippen molar-refractivity contribution in [2.45, 2.75) is 30.2 Å². The summed E-state index contributed by atoms with van der Waals surface area (Å²) < 4.78 is 15.3. The molecule has 2 N–H and O–H groups in total. The van der Waals surface area contributed by atoms with Crippen LogP contribution in [0, 0.1) is 5.82 Å². The van der Waals surface area contributed by atoms with Crippen molar-refractivity contribution in [3.05, 3.63) is 82.3 Å². The van der Waals surface area contributed by atoms with Gasteiger partial charge in [0.25, 0.3) is 5.56 Å². The lowest BCUT2D eigenvalue weighted by Crippen LogP contribution is -2.31. The standard InChI is InChI=1S/C23H20FN5O2S/c24-14-6-7-19-16(12-14)18(10-11-32-19)26-21(30)9-8-20-27-22-17(23(31)28-20)13-25-29(22)15-4-2-1-3-5-15/h1-7,12-13,18H,8-11H2,(H,26,30)(H,27,28,31). The maximum Gasteiger partial charge on any atom is 0.262 e. The molecule has 9 heteroatoms. The first-order chi connectivity index (χ1) is 15.6. The van der Waals surface area contributed by atoms with Crippen LogP contribution in [0.1, 0.15) is 30.3 Å². The molecule has 1 unspecified atom stereocenters. The zero-order valence-electron chi connectivity index (χ0n) is 17.0. The van der Waals surface area contributed by atoms with Crippen LogP contribution in [-0.4, -0.2) is 31.4 Å². The lowest BCUT2D eigenvalue weighted by Gasteiger charge is -2.26. The third kappa shape index (κ3) is 4.03. The summed E-state index contributed by atoms with van der Waals surface area (Å²) >= 11 is 1.67. The largest absolute Gasteiger partial charge is 0.349 e. The molecule has 5 rings (SSSR count). The molecule has 2 aromatic heterocycles. The maximum atomic E-state index is 13.7. The fourth-order valence-electron chi connectivity index (χ4n) is 3.85. The third-order valence-electron chi connectivity index (χ3n) is 5.42. The van der Waals surface area contributed by atoms with E-state index in [0.717, 1.165) is 28.3 Å². The Morgan fingerprint density at radius 2 is 2.09 bits per heavy atom. The zero-order valence-corrected chi connectivity index (χ0v) is 17.9. The van der Waals surface area contributed by atoms with E-state index < -0.39 is 0 Å². The fraction of sp³-hybridized carbons (Fsp3) is 0.217. The van der Waals surface area contributed by atoms with Gasteiger partial charge < -0.3 is 10.3 Å². The third-order valence-corrected chi connectivity index (χ3v) is 6.55. The van der Waals surface area contributed by atoms with Gasteiger partial charge in [-0.15, -0.1) is 11.8 Å². The monoisotopic (exact) mass is 449 g/mol. The van der Waals surface area contributed by atoms with Gasteiger partial charge >= 0.3 is 0 Å². The van der Waals surface area contributed by atoms with Crippen LogP contribution in [0.3, 0.4) is 0 Å². The average molecular weight is 450 g/mol. The molecule has 0 saturated carbocycles. The number of nitrogens with one attached hydrogen (secondary N) is 2. The van der Waals surface area contributed by atoms with Crippen molar-refractivity contribution in [2.75, 3.05) is 5.75 Å². The Balaban J connectivity index is 1.32. The minimum absolute atomic E-state index is 0.155. The number of para-hydroxylation sites is 1. The summed E-state index contributed by atoms with van der Waals surface area (Å²) in [4.78, 5) is 33.4.